The number of primary amides is 1. The summed E-state index contributed by atoms with van der Waals surface area (Å²) in [7, 11) is 3.35. The maximum absolute atomic E-state index is 11.3. The molecule has 3 N–H and O–H groups in total. The summed E-state index contributed by atoms with van der Waals surface area (Å²) in [6.07, 6.45) is 4.64. The fraction of sp³-hybridized carbons (Fsp3) is 0.533. The molecule has 110 valence electrons. The van der Waals surface area contributed by atoms with Gasteiger partial charge in [-0.2, -0.15) is 0 Å². The van der Waals surface area contributed by atoms with Crippen LogP contribution < -0.4 is 15.8 Å². The lowest BCUT2D eigenvalue weighted by Gasteiger charge is -2.32. The Morgan fingerprint density at radius 3 is 2.70 bits per heavy atom. The third kappa shape index (κ3) is 3.22. The number of rotatable bonds is 5. The van der Waals surface area contributed by atoms with E-state index in [1.165, 1.54) is 12.8 Å². The van der Waals surface area contributed by atoms with Crippen LogP contribution in [0.15, 0.2) is 18.2 Å². The summed E-state index contributed by atoms with van der Waals surface area (Å²) < 4.78 is 10.9. The van der Waals surface area contributed by atoms with Crippen LogP contribution in [0.2, 0.25) is 0 Å². The van der Waals surface area contributed by atoms with E-state index < -0.39 is 5.91 Å². The van der Waals surface area contributed by atoms with Crippen LogP contribution in [0.5, 0.6) is 5.75 Å². The Morgan fingerprint density at radius 2 is 2.05 bits per heavy atom. The van der Waals surface area contributed by atoms with Gasteiger partial charge in [0.15, 0.2) is 0 Å². The minimum absolute atomic E-state index is 0.186. The van der Waals surface area contributed by atoms with Gasteiger partial charge in [-0.25, -0.2) is 0 Å². The van der Waals surface area contributed by atoms with Crippen molar-refractivity contribution in [3.05, 3.63) is 23.8 Å². The van der Waals surface area contributed by atoms with Crippen LogP contribution >= 0.6 is 0 Å². The zero-order valence-electron chi connectivity index (χ0n) is 12.0. The van der Waals surface area contributed by atoms with Gasteiger partial charge in [-0.3, -0.25) is 4.79 Å². The van der Waals surface area contributed by atoms with Gasteiger partial charge >= 0.3 is 0 Å². The van der Waals surface area contributed by atoms with Crippen LogP contribution in [0, 0.1) is 0 Å². The van der Waals surface area contributed by atoms with Crippen molar-refractivity contribution >= 4 is 11.6 Å². The van der Waals surface area contributed by atoms with Crippen LogP contribution in [-0.2, 0) is 4.74 Å². The Bertz CT molecular complexity index is 476. The molecule has 2 rings (SSSR count). The molecule has 0 saturated heterocycles. The lowest BCUT2D eigenvalue weighted by molar-refractivity contribution is 0.0605. The smallest absolute Gasteiger partial charge is 0.248 e. The molecule has 1 aromatic rings. The van der Waals surface area contributed by atoms with Gasteiger partial charge in [-0.05, 0) is 31.0 Å². The largest absolute Gasteiger partial charge is 0.495 e. The molecule has 0 radical (unpaired) electrons. The second-order valence-electron chi connectivity index (χ2n) is 5.09. The zero-order chi connectivity index (χ0) is 14.5. The summed E-state index contributed by atoms with van der Waals surface area (Å²) in [4.78, 5) is 11.3. The molecule has 0 bridgehead atoms. The number of anilines is 1. The Labute approximate surface area is 119 Å². The standard InChI is InChI=1S/C15H22N2O3/c1-19-13-6-4-3-5-11(13)17-12-9-10(15(16)18)7-8-14(12)20-2/h7-9,11,13,17H,3-6H2,1-2H3,(H2,16,18). The topological polar surface area (TPSA) is 73.6 Å². The van der Waals surface area contributed by atoms with Crippen molar-refractivity contribution in [2.24, 2.45) is 5.73 Å². The molecular weight excluding hydrogens is 256 g/mol. The highest BCUT2D eigenvalue weighted by molar-refractivity contribution is 5.94. The van der Waals surface area contributed by atoms with Crippen molar-refractivity contribution in [2.45, 2.75) is 37.8 Å². The second kappa shape index (κ2) is 6.61. The molecule has 1 aromatic carbocycles. The molecule has 2 unspecified atom stereocenters. The number of hydrogen-bond donors (Lipinski definition) is 2. The van der Waals surface area contributed by atoms with Crippen molar-refractivity contribution in [1.29, 1.82) is 0 Å². The molecular formula is C15H22N2O3. The summed E-state index contributed by atoms with van der Waals surface area (Å²) in [5.41, 5.74) is 6.59. The van der Waals surface area contributed by atoms with E-state index in [1.807, 2.05) is 0 Å². The number of nitrogens with two attached hydrogens (primary N) is 1. The molecule has 0 aromatic heterocycles. The first kappa shape index (κ1) is 14.7. The van der Waals surface area contributed by atoms with Gasteiger partial charge in [-0.1, -0.05) is 12.8 Å². The third-order valence-electron chi connectivity index (χ3n) is 3.83. The van der Waals surface area contributed by atoms with Gasteiger partial charge in [0.2, 0.25) is 5.91 Å². The molecule has 1 amide bonds. The molecule has 0 aliphatic heterocycles. The van der Waals surface area contributed by atoms with Gasteiger partial charge in [0.05, 0.1) is 24.9 Å². The van der Waals surface area contributed by atoms with E-state index in [2.05, 4.69) is 5.32 Å². The predicted octanol–water partition coefficient (Wildman–Crippen LogP) is 2.16. The normalized spacial score (nSPS) is 22.3. The summed E-state index contributed by atoms with van der Waals surface area (Å²) in [6, 6.07) is 5.39. The predicted molar refractivity (Wildman–Crippen MR) is 78.2 cm³/mol. The first-order valence-electron chi connectivity index (χ1n) is 6.93. The van der Waals surface area contributed by atoms with Crippen molar-refractivity contribution in [3.63, 3.8) is 0 Å². The van der Waals surface area contributed by atoms with Gasteiger partial charge in [0.1, 0.15) is 5.75 Å². The first-order chi connectivity index (χ1) is 9.65. The van der Waals surface area contributed by atoms with E-state index >= 15 is 0 Å². The molecule has 1 aliphatic carbocycles. The molecule has 1 aliphatic rings. The molecule has 2 atom stereocenters. The molecule has 0 heterocycles. The fourth-order valence-electron chi connectivity index (χ4n) is 2.72. The summed E-state index contributed by atoms with van der Waals surface area (Å²) >= 11 is 0. The average Bonchev–Trinajstić information content (AvgIpc) is 2.47. The van der Waals surface area contributed by atoms with Gasteiger partial charge in [-0.15, -0.1) is 0 Å². The number of benzene rings is 1. The highest BCUT2D eigenvalue weighted by Gasteiger charge is 2.25. The van der Waals surface area contributed by atoms with Gasteiger partial charge in [0, 0.05) is 12.7 Å². The lowest BCUT2D eigenvalue weighted by Crippen LogP contribution is -2.37. The van der Waals surface area contributed by atoms with Crippen molar-refractivity contribution in [3.8, 4) is 5.75 Å². The van der Waals surface area contributed by atoms with Gasteiger partial charge < -0.3 is 20.5 Å². The van der Waals surface area contributed by atoms with Crippen LogP contribution in [-0.4, -0.2) is 32.3 Å². The van der Waals surface area contributed by atoms with E-state index in [9.17, 15) is 4.79 Å². The maximum Gasteiger partial charge on any atom is 0.248 e. The van der Waals surface area contributed by atoms with Crippen LogP contribution in [0.4, 0.5) is 5.69 Å². The number of methoxy groups -OCH3 is 2. The van der Waals surface area contributed by atoms with Crippen LogP contribution in [0.25, 0.3) is 0 Å². The summed E-state index contributed by atoms with van der Waals surface area (Å²) in [5, 5.41) is 3.44. The van der Waals surface area contributed by atoms with Crippen LogP contribution in [0.3, 0.4) is 0 Å². The van der Waals surface area contributed by atoms with Crippen LogP contribution in [0.1, 0.15) is 36.0 Å². The van der Waals surface area contributed by atoms with Gasteiger partial charge in [0.25, 0.3) is 0 Å². The Morgan fingerprint density at radius 1 is 1.30 bits per heavy atom. The van der Waals surface area contributed by atoms with Crippen molar-refractivity contribution in [2.75, 3.05) is 19.5 Å². The van der Waals surface area contributed by atoms with Crippen molar-refractivity contribution < 1.29 is 14.3 Å². The quantitative estimate of drug-likeness (QED) is 0.865. The minimum atomic E-state index is -0.442. The van der Waals surface area contributed by atoms with E-state index in [0.29, 0.717) is 11.3 Å². The molecule has 5 heteroatoms. The fourth-order valence-corrected chi connectivity index (χ4v) is 2.72. The van der Waals surface area contributed by atoms with E-state index in [-0.39, 0.29) is 12.1 Å². The minimum Gasteiger partial charge on any atom is -0.495 e. The monoisotopic (exact) mass is 278 g/mol. The number of amides is 1. The lowest BCUT2D eigenvalue weighted by atomic mass is 9.92. The number of carbonyl (C=O) groups is 1. The number of carbonyl (C=O) groups excluding carboxylic acids is 1. The Kier molecular flexibility index (Phi) is 4.84. The maximum atomic E-state index is 11.3. The molecule has 5 nitrogen and oxygen atoms in total. The average molecular weight is 278 g/mol. The van der Waals surface area contributed by atoms with E-state index in [1.54, 1.807) is 32.4 Å². The zero-order valence-corrected chi connectivity index (χ0v) is 12.0. The SMILES string of the molecule is COc1ccc(C(N)=O)cc1NC1CCCCC1OC. The van der Waals surface area contributed by atoms with E-state index in [4.69, 9.17) is 15.2 Å². The molecule has 1 saturated carbocycles. The second-order valence-corrected chi connectivity index (χ2v) is 5.09. The Balaban J connectivity index is 2.21. The first-order valence-corrected chi connectivity index (χ1v) is 6.93. The van der Waals surface area contributed by atoms with Crippen molar-refractivity contribution in [1.82, 2.24) is 0 Å². The van der Waals surface area contributed by atoms with E-state index in [0.717, 1.165) is 18.5 Å². The number of hydrogen-bond acceptors (Lipinski definition) is 4. The third-order valence-corrected chi connectivity index (χ3v) is 3.83. The Hall–Kier alpha value is -1.75. The highest BCUT2D eigenvalue weighted by atomic mass is 16.5. The number of ether oxygens (including phenoxy) is 2. The molecule has 20 heavy (non-hydrogen) atoms. The molecule has 0 spiro atoms. The number of nitrogens with one attached hydrogen (secondary N) is 1. The summed E-state index contributed by atoms with van der Waals surface area (Å²) in [6.45, 7) is 0. The highest BCUT2D eigenvalue weighted by Crippen LogP contribution is 2.30. The molecule has 1 fully saturated rings. The summed E-state index contributed by atoms with van der Waals surface area (Å²) in [5.74, 6) is 0.262.